The summed E-state index contributed by atoms with van der Waals surface area (Å²) in [5, 5.41) is 19.1. The first-order valence-electron chi connectivity index (χ1n) is 9.66. The molecule has 2 aromatic carbocycles. The SMILES string of the molecule is Cc1ccc(N2c3cccc(-c4nc5ccc(C#N)cc5[nH]4)c3OC[C@@H]2CO)nc1. The van der Waals surface area contributed by atoms with Crippen molar-refractivity contribution in [1.29, 1.82) is 5.26 Å². The van der Waals surface area contributed by atoms with Gasteiger partial charge in [-0.25, -0.2) is 9.97 Å². The Morgan fingerprint density at radius 3 is 2.93 bits per heavy atom. The van der Waals surface area contributed by atoms with E-state index in [9.17, 15) is 5.11 Å². The Kier molecular flexibility index (Phi) is 4.34. The summed E-state index contributed by atoms with van der Waals surface area (Å²) in [7, 11) is 0. The van der Waals surface area contributed by atoms with Gasteiger partial charge in [-0.3, -0.25) is 0 Å². The van der Waals surface area contributed by atoms with Crippen LogP contribution < -0.4 is 9.64 Å². The molecule has 1 aliphatic rings. The summed E-state index contributed by atoms with van der Waals surface area (Å²) in [6.45, 7) is 2.26. The minimum atomic E-state index is -0.239. The van der Waals surface area contributed by atoms with E-state index in [0.717, 1.165) is 33.7 Å². The highest BCUT2D eigenvalue weighted by Crippen LogP contribution is 2.44. The third-order valence-electron chi connectivity index (χ3n) is 5.26. The quantitative estimate of drug-likeness (QED) is 0.547. The molecule has 0 aliphatic carbocycles. The Morgan fingerprint density at radius 1 is 1.27 bits per heavy atom. The van der Waals surface area contributed by atoms with Gasteiger partial charge < -0.3 is 19.7 Å². The van der Waals surface area contributed by atoms with Gasteiger partial charge in [0.15, 0.2) is 5.75 Å². The summed E-state index contributed by atoms with van der Waals surface area (Å²) in [5.41, 5.74) is 4.86. The highest BCUT2D eigenvalue weighted by molar-refractivity contribution is 5.85. The highest BCUT2D eigenvalue weighted by Gasteiger charge is 2.31. The number of para-hydroxylation sites is 1. The number of fused-ring (bicyclic) bond motifs is 2. The molecule has 0 saturated heterocycles. The van der Waals surface area contributed by atoms with E-state index in [1.165, 1.54) is 0 Å². The molecule has 148 valence electrons. The zero-order valence-electron chi connectivity index (χ0n) is 16.3. The number of nitrogens with one attached hydrogen (secondary N) is 1. The lowest BCUT2D eigenvalue weighted by molar-refractivity contribution is 0.195. The average Bonchev–Trinajstić information content (AvgIpc) is 3.21. The predicted molar refractivity (Wildman–Crippen MR) is 114 cm³/mol. The van der Waals surface area contributed by atoms with Crippen molar-refractivity contribution in [2.45, 2.75) is 13.0 Å². The molecule has 3 heterocycles. The van der Waals surface area contributed by atoms with E-state index in [0.29, 0.717) is 23.7 Å². The molecule has 0 bridgehead atoms. The summed E-state index contributed by atoms with van der Waals surface area (Å²) >= 11 is 0. The van der Waals surface area contributed by atoms with Crippen LogP contribution in [-0.4, -0.2) is 39.3 Å². The van der Waals surface area contributed by atoms with Gasteiger partial charge in [-0.2, -0.15) is 5.26 Å². The van der Waals surface area contributed by atoms with Gasteiger partial charge in [0.05, 0.1) is 46.6 Å². The number of pyridine rings is 1. The number of anilines is 2. The van der Waals surface area contributed by atoms with E-state index in [1.807, 2.05) is 54.4 Å². The van der Waals surface area contributed by atoms with E-state index < -0.39 is 0 Å². The minimum Gasteiger partial charge on any atom is -0.488 e. The highest BCUT2D eigenvalue weighted by atomic mass is 16.5. The number of H-pyrrole nitrogens is 1. The van der Waals surface area contributed by atoms with Crippen molar-refractivity contribution < 1.29 is 9.84 Å². The minimum absolute atomic E-state index is 0.0548. The molecule has 7 heteroatoms. The van der Waals surface area contributed by atoms with Gasteiger partial charge in [0.2, 0.25) is 0 Å². The lowest BCUT2D eigenvalue weighted by Gasteiger charge is -2.37. The Labute approximate surface area is 173 Å². The molecule has 1 aliphatic heterocycles. The Balaban J connectivity index is 1.64. The van der Waals surface area contributed by atoms with Gasteiger partial charge in [0.25, 0.3) is 0 Å². The number of rotatable bonds is 3. The summed E-state index contributed by atoms with van der Waals surface area (Å²) in [6, 6.07) is 17.1. The van der Waals surface area contributed by atoms with E-state index in [4.69, 9.17) is 10.00 Å². The van der Waals surface area contributed by atoms with Gasteiger partial charge >= 0.3 is 0 Å². The number of hydrogen-bond donors (Lipinski definition) is 2. The van der Waals surface area contributed by atoms with E-state index in [-0.39, 0.29) is 12.6 Å². The Morgan fingerprint density at radius 2 is 2.17 bits per heavy atom. The normalized spacial score (nSPS) is 15.5. The molecule has 0 saturated carbocycles. The van der Waals surface area contributed by atoms with Gasteiger partial charge in [0.1, 0.15) is 18.2 Å². The van der Waals surface area contributed by atoms with Gasteiger partial charge in [-0.1, -0.05) is 12.1 Å². The molecule has 0 radical (unpaired) electrons. The van der Waals surface area contributed by atoms with Crippen LogP contribution in [-0.2, 0) is 0 Å². The number of aliphatic hydroxyl groups excluding tert-OH is 1. The molecule has 0 fully saturated rings. The van der Waals surface area contributed by atoms with E-state index in [1.54, 1.807) is 12.1 Å². The van der Waals surface area contributed by atoms with Crippen LogP contribution in [0.25, 0.3) is 22.4 Å². The van der Waals surface area contributed by atoms with Crippen LogP contribution in [0.1, 0.15) is 11.1 Å². The van der Waals surface area contributed by atoms with E-state index >= 15 is 0 Å². The molecule has 0 amide bonds. The molecule has 2 N–H and O–H groups in total. The number of hydrogen-bond acceptors (Lipinski definition) is 6. The summed E-state index contributed by atoms with van der Waals surface area (Å²) in [6.07, 6.45) is 1.81. The van der Waals surface area contributed by atoms with Crippen LogP contribution in [0, 0.1) is 18.3 Å². The number of aromatic nitrogens is 3. The second kappa shape index (κ2) is 7.17. The lowest BCUT2D eigenvalue weighted by Crippen LogP contribution is -2.43. The maximum atomic E-state index is 9.94. The number of ether oxygens (including phenoxy) is 1. The molecule has 30 heavy (non-hydrogen) atoms. The van der Waals surface area contributed by atoms with Crippen LogP contribution in [0.5, 0.6) is 5.75 Å². The third kappa shape index (κ3) is 2.95. The standard InChI is InChI=1S/C23H19N5O2/c1-14-5-8-21(25-11-14)28-16(12-29)13-30-22-17(3-2-4-20(22)28)23-26-18-7-6-15(10-24)9-19(18)27-23/h2-9,11,16,29H,12-13H2,1H3,(H,26,27)/t16-/m0/s1. The van der Waals surface area contributed by atoms with Crippen molar-refractivity contribution in [3.05, 3.63) is 65.9 Å². The molecule has 0 unspecified atom stereocenters. The van der Waals surface area contributed by atoms with Crippen molar-refractivity contribution >= 4 is 22.5 Å². The maximum Gasteiger partial charge on any atom is 0.154 e. The summed E-state index contributed by atoms with van der Waals surface area (Å²) < 4.78 is 6.09. The molecule has 2 aromatic heterocycles. The van der Waals surface area contributed by atoms with Crippen LogP contribution in [0.3, 0.4) is 0 Å². The predicted octanol–water partition coefficient (Wildman–Crippen LogP) is 3.70. The molecule has 5 rings (SSSR count). The smallest absolute Gasteiger partial charge is 0.154 e. The summed E-state index contributed by atoms with van der Waals surface area (Å²) in [5.74, 6) is 2.10. The van der Waals surface area contributed by atoms with Crippen LogP contribution in [0.4, 0.5) is 11.5 Å². The number of imidazole rings is 1. The first kappa shape index (κ1) is 18.2. The zero-order chi connectivity index (χ0) is 20.7. The second-order valence-corrected chi connectivity index (χ2v) is 7.29. The molecule has 0 spiro atoms. The number of aromatic amines is 1. The topological polar surface area (TPSA) is 98.1 Å². The van der Waals surface area contributed by atoms with E-state index in [2.05, 4.69) is 21.0 Å². The molecular formula is C23H19N5O2. The van der Waals surface area contributed by atoms with Crippen molar-refractivity contribution in [3.63, 3.8) is 0 Å². The Bertz CT molecular complexity index is 1270. The monoisotopic (exact) mass is 397 g/mol. The number of benzene rings is 2. The number of aryl methyl sites for hydroxylation is 1. The molecule has 1 atom stereocenters. The molecule has 4 aromatic rings. The fourth-order valence-corrected chi connectivity index (χ4v) is 3.76. The molecular weight excluding hydrogens is 378 g/mol. The maximum absolute atomic E-state index is 9.94. The summed E-state index contributed by atoms with van der Waals surface area (Å²) in [4.78, 5) is 14.6. The molecule has 7 nitrogen and oxygen atoms in total. The second-order valence-electron chi connectivity index (χ2n) is 7.29. The number of aliphatic hydroxyl groups is 1. The third-order valence-corrected chi connectivity index (χ3v) is 5.26. The van der Waals surface area contributed by atoms with Crippen molar-refractivity contribution in [1.82, 2.24) is 15.0 Å². The number of nitriles is 1. The largest absolute Gasteiger partial charge is 0.488 e. The van der Waals surface area contributed by atoms with Crippen LogP contribution in [0.15, 0.2) is 54.7 Å². The van der Waals surface area contributed by atoms with Gasteiger partial charge in [-0.15, -0.1) is 0 Å². The number of nitrogens with zero attached hydrogens (tertiary/aromatic N) is 4. The van der Waals surface area contributed by atoms with Gasteiger partial charge in [0, 0.05) is 6.20 Å². The first-order valence-corrected chi connectivity index (χ1v) is 9.66. The first-order chi connectivity index (χ1) is 14.7. The van der Waals surface area contributed by atoms with Gasteiger partial charge in [-0.05, 0) is 48.9 Å². The fourth-order valence-electron chi connectivity index (χ4n) is 3.76. The van der Waals surface area contributed by atoms with Crippen LogP contribution in [0.2, 0.25) is 0 Å². The Hall–Kier alpha value is -3.89. The average molecular weight is 397 g/mol. The zero-order valence-corrected chi connectivity index (χ0v) is 16.3. The van der Waals surface area contributed by atoms with Crippen molar-refractivity contribution in [2.75, 3.05) is 18.1 Å². The van der Waals surface area contributed by atoms with Crippen molar-refractivity contribution in [2.24, 2.45) is 0 Å². The fraction of sp³-hybridized carbons (Fsp3) is 0.174. The lowest BCUT2D eigenvalue weighted by atomic mass is 10.1. The van der Waals surface area contributed by atoms with Crippen molar-refractivity contribution in [3.8, 4) is 23.2 Å². The van der Waals surface area contributed by atoms with Crippen LogP contribution >= 0.6 is 0 Å².